The summed E-state index contributed by atoms with van der Waals surface area (Å²) < 4.78 is 8.63. The van der Waals surface area contributed by atoms with Gasteiger partial charge in [-0.1, -0.05) is 38.1 Å². The molecule has 29 heavy (non-hydrogen) atoms. The molecule has 5 aromatic rings. The summed E-state index contributed by atoms with van der Waals surface area (Å²) in [6.45, 7) is 10.9. The zero-order chi connectivity index (χ0) is 20.3. The maximum absolute atomic E-state index is 6.33. The van der Waals surface area contributed by atoms with Crippen LogP contribution < -0.4 is 0 Å². The lowest BCUT2D eigenvalue weighted by atomic mass is 10.0. The van der Waals surface area contributed by atoms with Crippen LogP contribution >= 0.6 is 0 Å². The fourth-order valence-corrected chi connectivity index (χ4v) is 4.08. The molecule has 0 N–H and O–H groups in total. The third-order valence-electron chi connectivity index (χ3n) is 5.45. The zero-order valence-corrected chi connectivity index (χ0v) is 17.5. The second-order valence-corrected chi connectivity index (χ2v) is 8.96. The maximum atomic E-state index is 6.33. The molecule has 3 aromatic heterocycles. The van der Waals surface area contributed by atoms with E-state index < -0.39 is 0 Å². The fraction of sp³-hybridized carbons (Fsp3) is 0.280. The van der Waals surface area contributed by atoms with Crippen LogP contribution in [0.3, 0.4) is 0 Å². The van der Waals surface area contributed by atoms with E-state index in [-0.39, 0.29) is 5.54 Å². The minimum Gasteiger partial charge on any atom is -0.437 e. The highest BCUT2D eigenvalue weighted by atomic mass is 16.3. The number of hydrogen-bond donors (Lipinski definition) is 0. The Labute approximate surface area is 170 Å². The van der Waals surface area contributed by atoms with Crippen molar-refractivity contribution in [3.8, 4) is 11.4 Å². The molecule has 0 amide bonds. The average molecular weight is 383 g/mol. The first-order valence-electron chi connectivity index (χ1n) is 10.1. The van der Waals surface area contributed by atoms with E-state index in [1.165, 1.54) is 0 Å². The Morgan fingerprint density at radius 1 is 0.862 bits per heavy atom. The summed E-state index contributed by atoms with van der Waals surface area (Å²) in [6, 6.07) is 18.8. The van der Waals surface area contributed by atoms with Crippen LogP contribution in [0, 0.1) is 0 Å². The third-order valence-corrected chi connectivity index (χ3v) is 5.45. The number of para-hydroxylation sites is 3. The van der Waals surface area contributed by atoms with Crippen LogP contribution in [0.25, 0.3) is 44.5 Å². The summed E-state index contributed by atoms with van der Waals surface area (Å²) in [4.78, 5) is 9.76. The van der Waals surface area contributed by atoms with Crippen molar-refractivity contribution in [1.29, 1.82) is 0 Å². The topological polar surface area (TPSA) is 43.9 Å². The van der Waals surface area contributed by atoms with E-state index in [4.69, 9.17) is 14.4 Å². The van der Waals surface area contributed by atoms with E-state index in [1.54, 1.807) is 0 Å². The van der Waals surface area contributed by atoms with Gasteiger partial charge < -0.3 is 8.98 Å². The van der Waals surface area contributed by atoms with Crippen LogP contribution in [0.15, 0.2) is 59.0 Å². The number of hydrogen-bond acceptors (Lipinski definition) is 3. The Kier molecular flexibility index (Phi) is 3.82. The normalized spacial score (nSPS) is 12.6. The molecule has 5 rings (SSSR count). The molecule has 0 spiro atoms. The van der Waals surface area contributed by atoms with Crippen molar-refractivity contribution in [1.82, 2.24) is 14.5 Å². The maximum Gasteiger partial charge on any atom is 0.227 e. The molecule has 146 valence electrons. The van der Waals surface area contributed by atoms with Gasteiger partial charge in [-0.15, -0.1) is 0 Å². The molecule has 0 bridgehead atoms. The van der Waals surface area contributed by atoms with Gasteiger partial charge in [0.1, 0.15) is 11.4 Å². The first-order chi connectivity index (χ1) is 13.8. The molecule has 0 fully saturated rings. The van der Waals surface area contributed by atoms with E-state index in [1.807, 2.05) is 6.07 Å². The lowest BCUT2D eigenvalue weighted by Gasteiger charge is -2.24. The highest BCUT2D eigenvalue weighted by Gasteiger charge is 2.25. The number of pyridine rings is 1. The van der Waals surface area contributed by atoms with E-state index in [0.29, 0.717) is 11.6 Å². The number of fused-ring (bicyclic) bond motifs is 4. The van der Waals surface area contributed by atoms with E-state index in [0.717, 1.165) is 44.5 Å². The molecule has 0 radical (unpaired) electrons. The Balaban J connectivity index is 1.85. The van der Waals surface area contributed by atoms with Gasteiger partial charge in [0, 0.05) is 22.0 Å². The minimum absolute atomic E-state index is 0.122. The minimum atomic E-state index is -0.122. The van der Waals surface area contributed by atoms with Crippen LogP contribution in [0.1, 0.15) is 46.2 Å². The standard InChI is InChI=1S/C25H25N3O/c1-15(2)19-14-13-17-16-9-8-10-18(22(16)29-24(17)27-19)23-26-20-11-6-7-12-21(20)28(23)25(3,4)5/h6-15H,1-5H3. The smallest absolute Gasteiger partial charge is 0.227 e. The second kappa shape index (κ2) is 6.18. The van der Waals surface area contributed by atoms with Crippen molar-refractivity contribution in [3.63, 3.8) is 0 Å². The predicted molar refractivity (Wildman–Crippen MR) is 119 cm³/mol. The zero-order valence-electron chi connectivity index (χ0n) is 17.5. The Morgan fingerprint density at radius 3 is 2.41 bits per heavy atom. The third kappa shape index (κ3) is 2.74. The summed E-state index contributed by atoms with van der Waals surface area (Å²) in [6.07, 6.45) is 0. The number of imidazole rings is 1. The molecular formula is C25H25N3O. The number of benzene rings is 2. The summed E-state index contributed by atoms with van der Waals surface area (Å²) in [5.41, 5.74) is 5.57. The van der Waals surface area contributed by atoms with Crippen molar-refractivity contribution in [2.24, 2.45) is 0 Å². The molecule has 0 saturated carbocycles. The van der Waals surface area contributed by atoms with Gasteiger partial charge in [0.15, 0.2) is 0 Å². The average Bonchev–Trinajstić information content (AvgIpc) is 3.25. The van der Waals surface area contributed by atoms with Crippen LogP contribution in [0.5, 0.6) is 0 Å². The van der Waals surface area contributed by atoms with Crippen LogP contribution in [0.4, 0.5) is 0 Å². The summed E-state index contributed by atoms with van der Waals surface area (Å²) in [5, 5.41) is 2.12. The molecule has 0 unspecified atom stereocenters. The van der Waals surface area contributed by atoms with Crippen molar-refractivity contribution in [3.05, 3.63) is 60.3 Å². The quantitative estimate of drug-likeness (QED) is 0.334. The molecule has 0 saturated heterocycles. The van der Waals surface area contributed by atoms with Crippen molar-refractivity contribution >= 4 is 33.1 Å². The molecule has 4 heteroatoms. The Morgan fingerprint density at radius 2 is 1.66 bits per heavy atom. The Bertz CT molecular complexity index is 1370. The van der Waals surface area contributed by atoms with Gasteiger partial charge >= 0.3 is 0 Å². The molecule has 0 aliphatic rings. The SMILES string of the molecule is CC(C)c1ccc2c(n1)oc1c(-c3nc4ccccc4n3C(C)(C)C)cccc12. The fourth-order valence-electron chi connectivity index (χ4n) is 4.08. The van der Waals surface area contributed by atoms with Crippen LogP contribution in [-0.4, -0.2) is 14.5 Å². The number of aromatic nitrogens is 3. The highest BCUT2D eigenvalue weighted by molar-refractivity contribution is 6.08. The first kappa shape index (κ1) is 17.9. The Hall–Kier alpha value is -3.14. The lowest BCUT2D eigenvalue weighted by molar-refractivity contribution is 0.413. The van der Waals surface area contributed by atoms with E-state index >= 15 is 0 Å². The van der Waals surface area contributed by atoms with Gasteiger partial charge in [0.25, 0.3) is 0 Å². The van der Waals surface area contributed by atoms with Crippen molar-refractivity contribution in [2.75, 3.05) is 0 Å². The van der Waals surface area contributed by atoms with Gasteiger partial charge in [-0.3, -0.25) is 0 Å². The van der Waals surface area contributed by atoms with Crippen molar-refractivity contribution < 1.29 is 4.42 Å². The number of rotatable bonds is 2. The monoisotopic (exact) mass is 383 g/mol. The van der Waals surface area contributed by atoms with Gasteiger partial charge in [0.05, 0.1) is 16.6 Å². The first-order valence-corrected chi connectivity index (χ1v) is 10.1. The molecular weight excluding hydrogens is 358 g/mol. The van der Waals surface area contributed by atoms with Gasteiger partial charge in [-0.2, -0.15) is 0 Å². The van der Waals surface area contributed by atoms with Crippen molar-refractivity contribution in [2.45, 2.75) is 46.1 Å². The molecule has 0 aliphatic carbocycles. The number of nitrogens with zero attached hydrogens (tertiary/aromatic N) is 3. The van der Waals surface area contributed by atoms with Crippen LogP contribution in [0.2, 0.25) is 0 Å². The summed E-state index contributed by atoms with van der Waals surface area (Å²) in [5.74, 6) is 1.28. The highest BCUT2D eigenvalue weighted by Crippen LogP contribution is 2.38. The summed E-state index contributed by atoms with van der Waals surface area (Å²) >= 11 is 0. The predicted octanol–water partition coefficient (Wildman–Crippen LogP) is 6.88. The van der Waals surface area contributed by atoms with Gasteiger partial charge in [-0.05, 0) is 57.0 Å². The molecule has 2 aromatic carbocycles. The lowest BCUT2D eigenvalue weighted by Crippen LogP contribution is -2.22. The van der Waals surface area contributed by atoms with E-state index in [9.17, 15) is 0 Å². The van der Waals surface area contributed by atoms with Gasteiger partial charge in [0.2, 0.25) is 5.71 Å². The van der Waals surface area contributed by atoms with Crippen LogP contribution in [-0.2, 0) is 5.54 Å². The molecule has 4 nitrogen and oxygen atoms in total. The molecule has 3 heterocycles. The molecule has 0 aliphatic heterocycles. The number of furan rings is 1. The summed E-state index contributed by atoms with van der Waals surface area (Å²) in [7, 11) is 0. The van der Waals surface area contributed by atoms with E-state index in [2.05, 4.69) is 87.7 Å². The molecule has 0 atom stereocenters. The van der Waals surface area contributed by atoms with Gasteiger partial charge in [-0.25, -0.2) is 9.97 Å². The largest absolute Gasteiger partial charge is 0.437 e. The second-order valence-electron chi connectivity index (χ2n) is 8.96.